The Hall–Kier alpha value is -2.26. The average Bonchev–Trinajstić information content (AvgIpc) is 3.30. The van der Waals surface area contributed by atoms with Gasteiger partial charge in [0.1, 0.15) is 12.4 Å². The van der Waals surface area contributed by atoms with Crippen molar-refractivity contribution in [3.63, 3.8) is 0 Å². The molecule has 8 nitrogen and oxygen atoms in total. The van der Waals surface area contributed by atoms with Gasteiger partial charge in [-0.2, -0.15) is 0 Å². The Bertz CT molecular complexity index is 1080. The maximum absolute atomic E-state index is 13.3. The van der Waals surface area contributed by atoms with Crippen molar-refractivity contribution >= 4 is 22.5 Å². The minimum absolute atomic E-state index is 0.141. The summed E-state index contributed by atoms with van der Waals surface area (Å²) in [7, 11) is 0. The van der Waals surface area contributed by atoms with Crippen molar-refractivity contribution in [3.05, 3.63) is 42.7 Å². The summed E-state index contributed by atoms with van der Waals surface area (Å²) in [4.78, 5) is 35.4. The van der Waals surface area contributed by atoms with E-state index in [1.54, 1.807) is 9.13 Å². The Morgan fingerprint density at radius 3 is 2.43 bits per heavy atom. The molecule has 0 spiro atoms. The van der Waals surface area contributed by atoms with Crippen molar-refractivity contribution in [1.82, 2.24) is 23.7 Å². The van der Waals surface area contributed by atoms with Crippen LogP contribution in [0.25, 0.3) is 11.2 Å². The van der Waals surface area contributed by atoms with Crippen molar-refractivity contribution in [2.75, 3.05) is 0 Å². The van der Waals surface area contributed by atoms with Gasteiger partial charge in [0.25, 0.3) is 5.56 Å². The van der Waals surface area contributed by atoms with Gasteiger partial charge >= 0.3 is 5.69 Å². The second-order valence-corrected chi connectivity index (χ2v) is 7.72. The lowest BCUT2D eigenvalue weighted by Gasteiger charge is -2.12. The average molecular weight is 406 g/mol. The Morgan fingerprint density at radius 1 is 1.04 bits per heavy atom. The van der Waals surface area contributed by atoms with E-state index in [0.29, 0.717) is 35.8 Å². The van der Waals surface area contributed by atoms with Crippen molar-refractivity contribution in [2.24, 2.45) is 0 Å². The smallest absolute Gasteiger partial charge is 0.333 e. The van der Waals surface area contributed by atoms with Gasteiger partial charge in [-0.15, -0.1) is 11.3 Å². The Kier molecular flexibility index (Phi) is 6.46. The first-order valence-corrected chi connectivity index (χ1v) is 10.7. The third kappa shape index (κ3) is 3.68. The number of thiazole rings is 1. The van der Waals surface area contributed by atoms with Crippen LogP contribution in [0.3, 0.4) is 0 Å². The molecule has 0 saturated heterocycles. The number of aliphatic hydroxyl groups is 1. The van der Waals surface area contributed by atoms with E-state index in [9.17, 15) is 14.7 Å². The normalized spacial score (nSPS) is 11.6. The fraction of sp³-hybridized carbons (Fsp3) is 0.579. The molecule has 0 unspecified atom stereocenters. The maximum Gasteiger partial charge on any atom is 0.333 e. The van der Waals surface area contributed by atoms with E-state index in [1.807, 2.05) is 19.2 Å². The number of unbranched alkanes of at least 4 members (excludes halogenated alkanes) is 1. The number of imidazole rings is 1. The number of aliphatic hydroxyl groups excluding tert-OH is 1. The number of nitrogens with zero attached hydrogens (tertiary/aromatic N) is 5. The number of hydrogen-bond donors (Lipinski definition) is 1. The lowest BCUT2D eigenvalue weighted by atomic mass is 10.3. The molecule has 0 aromatic carbocycles. The number of rotatable bonds is 9. The highest BCUT2D eigenvalue weighted by molar-refractivity contribution is 7.09. The van der Waals surface area contributed by atoms with E-state index in [1.165, 1.54) is 15.9 Å². The summed E-state index contributed by atoms with van der Waals surface area (Å²) in [6, 6.07) is 0. The maximum atomic E-state index is 13.3. The van der Waals surface area contributed by atoms with Gasteiger partial charge in [-0.3, -0.25) is 13.9 Å². The molecule has 0 aliphatic carbocycles. The predicted octanol–water partition coefficient (Wildman–Crippen LogP) is 2.13. The standard InChI is InChI=1S/C19H27N5O3S/c1-4-7-9-23-17-16(22(8-5-2)14(11-25)21-17)18(26)24(19(23)27)10-13-12-28-15(6-3)20-13/h12,25H,4-11H2,1-3H3. The van der Waals surface area contributed by atoms with E-state index in [2.05, 4.69) is 16.9 Å². The molecule has 3 aromatic heterocycles. The molecule has 0 aliphatic rings. The second kappa shape index (κ2) is 8.83. The predicted molar refractivity (Wildman–Crippen MR) is 110 cm³/mol. The topological polar surface area (TPSA) is 94.9 Å². The molecule has 3 rings (SSSR count). The Balaban J connectivity index is 2.26. The second-order valence-electron chi connectivity index (χ2n) is 6.78. The number of fused-ring (bicyclic) bond motifs is 1. The molecule has 3 heterocycles. The monoisotopic (exact) mass is 405 g/mol. The Labute approximate surface area is 167 Å². The first kappa shape index (κ1) is 20.5. The van der Waals surface area contributed by atoms with Crippen LogP contribution in [0.1, 0.15) is 56.6 Å². The molecular formula is C19H27N5O3S. The lowest BCUT2D eigenvalue weighted by Crippen LogP contribution is -2.41. The fourth-order valence-electron chi connectivity index (χ4n) is 3.32. The highest BCUT2D eigenvalue weighted by Gasteiger charge is 2.21. The van der Waals surface area contributed by atoms with Gasteiger partial charge in [0, 0.05) is 18.5 Å². The minimum Gasteiger partial charge on any atom is -0.388 e. The van der Waals surface area contributed by atoms with Crippen LogP contribution >= 0.6 is 11.3 Å². The summed E-state index contributed by atoms with van der Waals surface area (Å²) >= 11 is 1.54. The van der Waals surface area contributed by atoms with Crippen LogP contribution in [0, 0.1) is 0 Å². The van der Waals surface area contributed by atoms with Crippen molar-refractivity contribution in [1.29, 1.82) is 0 Å². The minimum atomic E-state index is -0.376. The zero-order valence-electron chi connectivity index (χ0n) is 16.6. The highest BCUT2D eigenvalue weighted by Crippen LogP contribution is 2.15. The van der Waals surface area contributed by atoms with E-state index in [0.717, 1.165) is 30.7 Å². The van der Waals surface area contributed by atoms with Crippen LogP contribution in [0.4, 0.5) is 0 Å². The fourth-order valence-corrected chi connectivity index (χ4v) is 4.06. The molecule has 0 atom stereocenters. The quantitative estimate of drug-likeness (QED) is 0.588. The summed E-state index contributed by atoms with van der Waals surface area (Å²) < 4.78 is 4.56. The lowest BCUT2D eigenvalue weighted by molar-refractivity contribution is 0.265. The summed E-state index contributed by atoms with van der Waals surface area (Å²) in [5, 5.41) is 12.6. The Morgan fingerprint density at radius 2 is 1.82 bits per heavy atom. The first-order valence-electron chi connectivity index (χ1n) is 9.82. The van der Waals surface area contributed by atoms with Crippen molar-refractivity contribution < 1.29 is 5.11 Å². The van der Waals surface area contributed by atoms with Crippen LogP contribution in [0.5, 0.6) is 0 Å². The van der Waals surface area contributed by atoms with Gasteiger partial charge in [0.15, 0.2) is 11.2 Å². The van der Waals surface area contributed by atoms with Gasteiger partial charge in [-0.1, -0.05) is 27.2 Å². The highest BCUT2D eigenvalue weighted by atomic mass is 32.1. The van der Waals surface area contributed by atoms with Gasteiger partial charge in [-0.05, 0) is 19.3 Å². The summed E-state index contributed by atoms with van der Waals surface area (Å²) in [5.41, 5.74) is 0.714. The zero-order valence-corrected chi connectivity index (χ0v) is 17.5. The summed E-state index contributed by atoms with van der Waals surface area (Å²) in [5.74, 6) is 0.415. The molecule has 3 aromatic rings. The van der Waals surface area contributed by atoms with E-state index in [-0.39, 0.29) is 24.4 Å². The largest absolute Gasteiger partial charge is 0.388 e. The van der Waals surface area contributed by atoms with E-state index >= 15 is 0 Å². The third-order valence-corrected chi connectivity index (χ3v) is 5.78. The van der Waals surface area contributed by atoms with Gasteiger partial charge in [0.05, 0.1) is 17.2 Å². The molecule has 28 heavy (non-hydrogen) atoms. The van der Waals surface area contributed by atoms with Crippen LogP contribution in [-0.4, -0.2) is 28.8 Å². The molecule has 0 amide bonds. The zero-order chi connectivity index (χ0) is 20.3. The van der Waals surface area contributed by atoms with E-state index in [4.69, 9.17) is 0 Å². The molecule has 0 saturated carbocycles. The number of hydrogen-bond acceptors (Lipinski definition) is 6. The number of aryl methyl sites for hydroxylation is 3. The van der Waals surface area contributed by atoms with Gasteiger partial charge < -0.3 is 9.67 Å². The summed E-state index contributed by atoms with van der Waals surface area (Å²) in [6.07, 6.45) is 3.33. The molecule has 1 N–H and O–H groups in total. The molecule has 0 bridgehead atoms. The molecule has 152 valence electrons. The van der Waals surface area contributed by atoms with Gasteiger partial charge in [-0.25, -0.2) is 14.8 Å². The van der Waals surface area contributed by atoms with Crippen LogP contribution in [-0.2, 0) is 32.7 Å². The molecule has 0 aliphatic heterocycles. The van der Waals surface area contributed by atoms with Crippen molar-refractivity contribution in [2.45, 2.75) is 72.7 Å². The van der Waals surface area contributed by atoms with Gasteiger partial charge in [0.2, 0.25) is 0 Å². The molecule has 0 radical (unpaired) electrons. The molecule has 0 fully saturated rings. The third-order valence-electron chi connectivity index (χ3n) is 4.74. The van der Waals surface area contributed by atoms with Crippen molar-refractivity contribution in [3.8, 4) is 0 Å². The first-order chi connectivity index (χ1) is 13.5. The van der Waals surface area contributed by atoms with E-state index < -0.39 is 0 Å². The SMILES string of the molecule is CCCCn1c(=O)n(Cc2csc(CC)n2)c(=O)c2c1nc(CO)n2CCC. The van der Waals surface area contributed by atoms with Crippen LogP contribution in [0.15, 0.2) is 15.0 Å². The van der Waals surface area contributed by atoms with Crippen LogP contribution < -0.4 is 11.2 Å². The summed E-state index contributed by atoms with van der Waals surface area (Å²) in [6.45, 7) is 6.98. The molecule has 9 heteroatoms. The number of aromatic nitrogens is 5. The molecular weight excluding hydrogens is 378 g/mol. The van der Waals surface area contributed by atoms with Crippen LogP contribution in [0.2, 0.25) is 0 Å².